The molecule has 1 aromatic rings. The highest BCUT2D eigenvalue weighted by atomic mass is 19.1. The molecule has 0 spiro atoms. The Labute approximate surface area is 92.1 Å². The maximum Gasteiger partial charge on any atom is 0.305 e. The van der Waals surface area contributed by atoms with Gasteiger partial charge in [0.1, 0.15) is 0 Å². The molecule has 0 radical (unpaired) electrons. The van der Waals surface area contributed by atoms with E-state index < -0.39 is 16.4 Å². The van der Waals surface area contributed by atoms with Crippen LogP contribution in [0.15, 0.2) is 24.3 Å². The summed E-state index contributed by atoms with van der Waals surface area (Å²) in [4.78, 5) is 9.77. The van der Waals surface area contributed by atoms with Crippen LogP contribution in [-0.4, -0.2) is 10.6 Å². The second-order valence-corrected chi connectivity index (χ2v) is 3.25. The highest BCUT2D eigenvalue weighted by Gasteiger charge is 2.16. The van der Waals surface area contributed by atoms with Crippen molar-refractivity contribution < 1.29 is 9.31 Å². The quantitative estimate of drug-likeness (QED) is 0.484. The minimum atomic E-state index is -0.869. The highest BCUT2D eigenvalue weighted by molar-refractivity contribution is 6.21. The normalized spacial score (nSPS) is 11.3. The molecule has 0 amide bonds. The fourth-order valence-corrected chi connectivity index (χ4v) is 1.42. The summed E-state index contributed by atoms with van der Waals surface area (Å²) in [6, 6.07) is 3.61. The summed E-state index contributed by atoms with van der Waals surface area (Å²) in [6.45, 7) is 3.30. The molecule has 4 nitrogen and oxygen atoms in total. The second-order valence-electron chi connectivity index (χ2n) is 3.25. The van der Waals surface area contributed by atoms with Crippen LogP contribution in [-0.2, 0) is 0 Å². The monoisotopic (exact) mass is 222 g/mol. The molecule has 0 aromatic heterocycles. The van der Waals surface area contributed by atoms with Gasteiger partial charge < -0.3 is 5.41 Å². The number of rotatable bonds is 3. The van der Waals surface area contributed by atoms with Crippen LogP contribution in [0.3, 0.4) is 0 Å². The number of benzene rings is 1. The highest BCUT2D eigenvalue weighted by Crippen LogP contribution is 2.23. The van der Waals surface area contributed by atoms with Crippen molar-refractivity contribution in [3.05, 3.63) is 45.8 Å². The van der Waals surface area contributed by atoms with Crippen molar-refractivity contribution >= 4 is 17.0 Å². The lowest BCUT2D eigenvalue weighted by Gasteiger charge is -2.05. The Morgan fingerprint density at radius 2 is 2.19 bits per heavy atom. The van der Waals surface area contributed by atoms with Crippen LogP contribution in [0.4, 0.5) is 10.1 Å². The molecule has 0 heterocycles. The summed E-state index contributed by atoms with van der Waals surface area (Å²) >= 11 is 0. The first kappa shape index (κ1) is 12.0. The van der Waals surface area contributed by atoms with E-state index in [1.807, 2.05) is 0 Å². The lowest BCUT2D eigenvalue weighted by atomic mass is 10.0. The van der Waals surface area contributed by atoms with Crippen LogP contribution in [0, 0.1) is 21.3 Å². The van der Waals surface area contributed by atoms with E-state index in [2.05, 4.69) is 0 Å². The van der Waals surface area contributed by atoms with E-state index in [0.717, 1.165) is 12.1 Å². The lowest BCUT2D eigenvalue weighted by molar-refractivity contribution is -0.387. The standard InChI is InChI=1S/C11H11FN2O2/c1-3-9(7(2)13)8-4-5-10(12)11(6-8)14(15)16/h3-6,13H,1-2H3/b9-3-,13-7?. The zero-order valence-corrected chi connectivity index (χ0v) is 8.95. The van der Waals surface area contributed by atoms with E-state index in [1.54, 1.807) is 19.9 Å². The summed E-state index contributed by atoms with van der Waals surface area (Å²) in [5.74, 6) is -0.869. The Hall–Kier alpha value is -2.04. The predicted molar refractivity (Wildman–Crippen MR) is 60.1 cm³/mol. The van der Waals surface area contributed by atoms with Crippen molar-refractivity contribution in [2.45, 2.75) is 13.8 Å². The van der Waals surface area contributed by atoms with Gasteiger partial charge in [0.2, 0.25) is 5.82 Å². The van der Waals surface area contributed by atoms with Crippen LogP contribution in [0.25, 0.3) is 5.57 Å². The number of hydrogen-bond donors (Lipinski definition) is 1. The Morgan fingerprint density at radius 1 is 1.56 bits per heavy atom. The zero-order valence-electron chi connectivity index (χ0n) is 8.95. The Balaban J connectivity index is 3.32. The molecular formula is C11H11FN2O2. The third kappa shape index (κ3) is 2.31. The smallest absolute Gasteiger partial charge is 0.305 e. The van der Waals surface area contributed by atoms with Gasteiger partial charge in [-0.15, -0.1) is 0 Å². The van der Waals surface area contributed by atoms with Crippen molar-refractivity contribution in [1.29, 1.82) is 5.41 Å². The Bertz CT molecular complexity index is 481. The van der Waals surface area contributed by atoms with Gasteiger partial charge in [0.25, 0.3) is 0 Å². The molecule has 0 saturated carbocycles. The van der Waals surface area contributed by atoms with E-state index in [4.69, 9.17) is 5.41 Å². The molecule has 0 aliphatic carbocycles. The molecular weight excluding hydrogens is 211 g/mol. The fourth-order valence-electron chi connectivity index (χ4n) is 1.42. The van der Waals surface area contributed by atoms with E-state index in [0.29, 0.717) is 11.1 Å². The minimum absolute atomic E-state index is 0.281. The third-order valence-electron chi connectivity index (χ3n) is 2.15. The molecule has 1 N–H and O–H groups in total. The number of nitro groups is 1. The lowest BCUT2D eigenvalue weighted by Crippen LogP contribution is -1.98. The Morgan fingerprint density at radius 3 is 2.62 bits per heavy atom. The van der Waals surface area contributed by atoms with Gasteiger partial charge in [-0.2, -0.15) is 4.39 Å². The predicted octanol–water partition coefficient (Wildman–Crippen LogP) is 3.18. The molecule has 0 aliphatic rings. The van der Waals surface area contributed by atoms with E-state index in [1.165, 1.54) is 6.07 Å². The van der Waals surface area contributed by atoms with E-state index >= 15 is 0 Å². The fraction of sp³-hybridized carbons (Fsp3) is 0.182. The van der Waals surface area contributed by atoms with Crippen molar-refractivity contribution in [2.24, 2.45) is 0 Å². The molecule has 0 fully saturated rings. The Kier molecular flexibility index (Phi) is 3.50. The third-order valence-corrected chi connectivity index (χ3v) is 2.15. The number of halogens is 1. The summed E-state index contributed by atoms with van der Waals surface area (Å²) < 4.78 is 13.1. The molecule has 0 saturated heterocycles. The van der Waals surface area contributed by atoms with Crippen LogP contribution >= 0.6 is 0 Å². The maximum absolute atomic E-state index is 13.1. The molecule has 84 valence electrons. The maximum atomic E-state index is 13.1. The van der Waals surface area contributed by atoms with Crippen LogP contribution < -0.4 is 0 Å². The molecule has 0 unspecified atom stereocenters. The summed E-state index contributed by atoms with van der Waals surface area (Å²) in [5.41, 5.74) is 0.743. The first-order chi connectivity index (χ1) is 7.47. The van der Waals surface area contributed by atoms with Gasteiger partial charge >= 0.3 is 5.69 Å². The molecule has 1 rings (SSSR count). The van der Waals surface area contributed by atoms with Gasteiger partial charge in [-0.1, -0.05) is 12.1 Å². The van der Waals surface area contributed by atoms with Gasteiger partial charge in [0, 0.05) is 11.8 Å². The zero-order chi connectivity index (χ0) is 12.3. The van der Waals surface area contributed by atoms with Gasteiger partial charge in [0.05, 0.1) is 4.92 Å². The van der Waals surface area contributed by atoms with E-state index in [9.17, 15) is 14.5 Å². The van der Waals surface area contributed by atoms with Gasteiger partial charge in [0.15, 0.2) is 0 Å². The molecule has 5 heteroatoms. The van der Waals surface area contributed by atoms with Crippen LogP contribution in [0.5, 0.6) is 0 Å². The average Bonchev–Trinajstić information content (AvgIpc) is 2.20. The average molecular weight is 222 g/mol. The van der Waals surface area contributed by atoms with E-state index in [-0.39, 0.29) is 5.71 Å². The molecule has 1 aromatic carbocycles. The minimum Gasteiger partial charge on any atom is -0.305 e. The topological polar surface area (TPSA) is 67.0 Å². The summed E-state index contributed by atoms with van der Waals surface area (Å²) in [6.07, 6.45) is 1.67. The number of nitrogens with zero attached hydrogens (tertiary/aromatic N) is 1. The number of hydrogen-bond acceptors (Lipinski definition) is 3. The van der Waals surface area contributed by atoms with Gasteiger partial charge in [-0.05, 0) is 31.1 Å². The molecule has 16 heavy (non-hydrogen) atoms. The van der Waals surface area contributed by atoms with Crippen molar-refractivity contribution in [2.75, 3.05) is 0 Å². The van der Waals surface area contributed by atoms with Crippen LogP contribution in [0.1, 0.15) is 19.4 Å². The summed E-state index contributed by atoms with van der Waals surface area (Å²) in [7, 11) is 0. The van der Waals surface area contributed by atoms with Crippen LogP contribution in [0.2, 0.25) is 0 Å². The number of nitro benzene ring substituents is 1. The number of allylic oxidation sites excluding steroid dienone is 2. The first-order valence-electron chi connectivity index (χ1n) is 4.63. The van der Waals surface area contributed by atoms with Crippen molar-refractivity contribution in [3.63, 3.8) is 0 Å². The van der Waals surface area contributed by atoms with Crippen molar-refractivity contribution in [3.8, 4) is 0 Å². The molecule has 0 aliphatic heterocycles. The SMILES string of the molecule is C/C=C(/C(C)=N)c1ccc(F)c([N+](=O)[O-])c1. The van der Waals surface area contributed by atoms with Gasteiger partial charge in [-0.25, -0.2) is 0 Å². The summed E-state index contributed by atoms with van der Waals surface area (Å²) in [5, 5.41) is 18.0. The second kappa shape index (κ2) is 4.65. The molecule has 0 atom stereocenters. The van der Waals surface area contributed by atoms with Crippen molar-refractivity contribution in [1.82, 2.24) is 0 Å². The largest absolute Gasteiger partial charge is 0.305 e. The van der Waals surface area contributed by atoms with Gasteiger partial charge in [-0.3, -0.25) is 10.1 Å². The number of nitrogens with one attached hydrogen (secondary N) is 1. The molecule has 0 bridgehead atoms. The first-order valence-corrected chi connectivity index (χ1v) is 4.63.